The largest absolute Gasteiger partial charge is 0.300 e. The molecule has 0 bridgehead atoms. The van der Waals surface area contributed by atoms with Crippen LogP contribution in [0.25, 0.3) is 0 Å². The van der Waals surface area contributed by atoms with E-state index in [1.807, 2.05) is 34.6 Å². The molecule has 0 aromatic carbocycles. The first-order valence-corrected chi connectivity index (χ1v) is 4.99. The quantitative estimate of drug-likeness (QED) is 0.508. The zero-order valence-corrected chi connectivity index (χ0v) is 10.1. The molecule has 0 aromatic heterocycles. The van der Waals surface area contributed by atoms with Gasteiger partial charge in [-0.15, -0.1) is 0 Å². The Morgan fingerprint density at radius 3 is 1.93 bits per heavy atom. The van der Waals surface area contributed by atoms with Crippen LogP contribution in [0.5, 0.6) is 0 Å². The van der Waals surface area contributed by atoms with Gasteiger partial charge in [-0.3, -0.25) is 0 Å². The number of Topliss-reactive ketones (excluding diaryl/α,β-unsaturated/α-hetero) is 1. The number of rotatable bonds is 5. The molecule has 0 heterocycles. The molecule has 0 unspecified atom stereocenters. The van der Waals surface area contributed by atoms with Gasteiger partial charge in [0.15, 0.2) is 0 Å². The van der Waals surface area contributed by atoms with Crippen LogP contribution in [0.3, 0.4) is 0 Å². The third-order valence-electron chi connectivity index (χ3n) is 1.60. The summed E-state index contributed by atoms with van der Waals surface area (Å²) in [5.41, 5.74) is -0.716. The molecule has 0 rings (SSSR count). The fourth-order valence-corrected chi connectivity index (χ4v) is 0.757. The van der Waals surface area contributed by atoms with Crippen molar-refractivity contribution in [2.24, 2.45) is 0 Å². The Labute approximate surface area is 86.7 Å². The lowest BCUT2D eigenvalue weighted by molar-refractivity contribution is -0.397. The number of carbonyl (C=O) groups is 1. The smallest absolute Gasteiger partial charge is 0.129 e. The molecule has 3 nitrogen and oxygen atoms in total. The van der Waals surface area contributed by atoms with E-state index in [0.717, 1.165) is 0 Å². The Morgan fingerprint density at radius 1 is 1.07 bits per heavy atom. The van der Waals surface area contributed by atoms with Crippen molar-refractivity contribution in [3.63, 3.8) is 0 Å². The highest BCUT2D eigenvalue weighted by Crippen LogP contribution is 2.20. The average molecular weight is 202 g/mol. The number of ketones is 1. The number of hydrogen-bond acceptors (Lipinski definition) is 3. The van der Waals surface area contributed by atoms with Crippen LogP contribution in [0.15, 0.2) is 0 Å². The fraction of sp³-hybridized carbons (Fsp3) is 0.909. The van der Waals surface area contributed by atoms with E-state index in [9.17, 15) is 4.79 Å². The third-order valence-corrected chi connectivity index (χ3v) is 1.60. The highest BCUT2D eigenvalue weighted by molar-refractivity contribution is 5.75. The first kappa shape index (κ1) is 13.6. The molecular formula is C11H22O3. The van der Waals surface area contributed by atoms with E-state index >= 15 is 0 Å². The minimum Gasteiger partial charge on any atom is -0.300 e. The highest BCUT2D eigenvalue weighted by atomic mass is 17.2. The van der Waals surface area contributed by atoms with E-state index in [0.29, 0.717) is 12.8 Å². The predicted octanol–water partition coefficient (Wildman–Crippen LogP) is 2.88. The van der Waals surface area contributed by atoms with Gasteiger partial charge in [0.1, 0.15) is 5.78 Å². The van der Waals surface area contributed by atoms with Crippen LogP contribution in [0.4, 0.5) is 0 Å². The maximum absolute atomic E-state index is 10.8. The summed E-state index contributed by atoms with van der Waals surface area (Å²) in [6, 6.07) is 0. The van der Waals surface area contributed by atoms with Crippen molar-refractivity contribution >= 4 is 5.78 Å². The van der Waals surface area contributed by atoms with Crippen LogP contribution in [-0.2, 0) is 14.6 Å². The topological polar surface area (TPSA) is 35.5 Å². The summed E-state index contributed by atoms with van der Waals surface area (Å²) in [5, 5.41) is 0. The molecule has 3 heteroatoms. The molecule has 0 aromatic rings. The maximum atomic E-state index is 10.8. The molecule has 0 aliphatic rings. The van der Waals surface area contributed by atoms with E-state index in [-0.39, 0.29) is 11.4 Å². The maximum Gasteiger partial charge on any atom is 0.129 e. The van der Waals surface area contributed by atoms with E-state index in [1.54, 1.807) is 6.92 Å². The van der Waals surface area contributed by atoms with Crippen molar-refractivity contribution in [2.75, 3.05) is 0 Å². The zero-order chi connectivity index (χ0) is 11.4. The highest BCUT2D eigenvalue weighted by Gasteiger charge is 2.23. The Morgan fingerprint density at radius 2 is 1.57 bits per heavy atom. The molecule has 0 amide bonds. The summed E-state index contributed by atoms with van der Waals surface area (Å²) < 4.78 is 0. The van der Waals surface area contributed by atoms with Crippen molar-refractivity contribution < 1.29 is 14.6 Å². The van der Waals surface area contributed by atoms with E-state index in [1.165, 1.54) is 0 Å². The molecule has 0 radical (unpaired) electrons. The lowest BCUT2D eigenvalue weighted by Gasteiger charge is -2.28. The molecule has 0 aliphatic carbocycles. The minimum atomic E-state index is -0.404. The SMILES string of the molecule is CC(=O)CCC(C)(C)OOC(C)(C)C. The molecule has 14 heavy (non-hydrogen) atoms. The Hall–Kier alpha value is -0.410. The van der Waals surface area contributed by atoms with Crippen LogP contribution in [0.1, 0.15) is 54.4 Å². The Balaban J connectivity index is 3.89. The van der Waals surface area contributed by atoms with Crippen molar-refractivity contribution in [3.05, 3.63) is 0 Å². The van der Waals surface area contributed by atoms with Gasteiger partial charge in [0.05, 0.1) is 11.2 Å². The van der Waals surface area contributed by atoms with Crippen molar-refractivity contribution in [1.82, 2.24) is 0 Å². The van der Waals surface area contributed by atoms with Crippen LogP contribution in [-0.4, -0.2) is 17.0 Å². The summed E-state index contributed by atoms with van der Waals surface area (Å²) in [4.78, 5) is 21.3. The first-order valence-electron chi connectivity index (χ1n) is 4.99. The molecule has 84 valence electrons. The van der Waals surface area contributed by atoms with E-state index in [4.69, 9.17) is 9.78 Å². The molecule has 0 fully saturated rings. The van der Waals surface area contributed by atoms with Crippen molar-refractivity contribution in [3.8, 4) is 0 Å². The lowest BCUT2D eigenvalue weighted by Crippen LogP contribution is -2.31. The van der Waals surface area contributed by atoms with E-state index < -0.39 is 5.60 Å². The van der Waals surface area contributed by atoms with Gasteiger partial charge in [-0.05, 0) is 48.0 Å². The molecule has 0 aliphatic heterocycles. The van der Waals surface area contributed by atoms with Crippen LogP contribution in [0, 0.1) is 0 Å². The van der Waals surface area contributed by atoms with Gasteiger partial charge < -0.3 is 4.79 Å². The summed E-state index contributed by atoms with van der Waals surface area (Å²) in [6.07, 6.45) is 1.21. The minimum absolute atomic E-state index is 0.178. The molecule has 0 saturated heterocycles. The normalized spacial score (nSPS) is 13.0. The molecular weight excluding hydrogens is 180 g/mol. The second kappa shape index (κ2) is 4.89. The summed E-state index contributed by atoms with van der Waals surface area (Å²) in [7, 11) is 0. The second-order valence-electron chi connectivity index (χ2n) is 5.24. The van der Waals surface area contributed by atoms with E-state index in [2.05, 4.69) is 0 Å². The van der Waals surface area contributed by atoms with Crippen LogP contribution >= 0.6 is 0 Å². The summed E-state index contributed by atoms with van der Waals surface area (Å²) in [5.74, 6) is 0.178. The standard InChI is InChI=1S/C11H22O3/c1-9(12)7-8-11(5,6)14-13-10(2,3)4/h7-8H2,1-6H3. The molecule has 0 saturated carbocycles. The second-order valence-corrected chi connectivity index (χ2v) is 5.24. The van der Waals surface area contributed by atoms with Gasteiger partial charge in [0.2, 0.25) is 0 Å². The Bertz CT molecular complexity index is 189. The van der Waals surface area contributed by atoms with Gasteiger partial charge in [0, 0.05) is 6.42 Å². The zero-order valence-electron chi connectivity index (χ0n) is 10.1. The van der Waals surface area contributed by atoms with Gasteiger partial charge in [-0.2, -0.15) is 0 Å². The Kier molecular flexibility index (Phi) is 4.75. The molecule has 0 spiro atoms. The summed E-state index contributed by atoms with van der Waals surface area (Å²) in [6.45, 7) is 11.2. The van der Waals surface area contributed by atoms with Crippen LogP contribution < -0.4 is 0 Å². The summed E-state index contributed by atoms with van der Waals surface area (Å²) >= 11 is 0. The van der Waals surface area contributed by atoms with Crippen molar-refractivity contribution in [1.29, 1.82) is 0 Å². The van der Waals surface area contributed by atoms with Gasteiger partial charge in [0.25, 0.3) is 0 Å². The third kappa shape index (κ3) is 8.20. The number of hydrogen-bond donors (Lipinski definition) is 0. The fourth-order valence-electron chi connectivity index (χ4n) is 0.757. The molecule has 0 N–H and O–H groups in total. The predicted molar refractivity (Wildman–Crippen MR) is 55.9 cm³/mol. The first-order chi connectivity index (χ1) is 6.12. The van der Waals surface area contributed by atoms with Crippen molar-refractivity contribution in [2.45, 2.75) is 65.6 Å². The van der Waals surface area contributed by atoms with Crippen LogP contribution in [0.2, 0.25) is 0 Å². The van der Waals surface area contributed by atoms with Gasteiger partial charge >= 0.3 is 0 Å². The number of carbonyl (C=O) groups excluding carboxylic acids is 1. The molecule has 0 atom stereocenters. The average Bonchev–Trinajstić information content (AvgIpc) is 1.97. The lowest BCUT2D eigenvalue weighted by atomic mass is 10.0. The monoisotopic (exact) mass is 202 g/mol. The van der Waals surface area contributed by atoms with Gasteiger partial charge in [-0.25, -0.2) is 9.78 Å². The van der Waals surface area contributed by atoms with Gasteiger partial charge in [-0.1, -0.05) is 0 Å².